The summed E-state index contributed by atoms with van der Waals surface area (Å²) in [5.74, 6) is -0.504. The number of sulfonamides is 1. The Kier molecular flexibility index (Phi) is 3.73. The maximum Gasteiger partial charge on any atom is 0.263 e. The molecule has 1 aromatic heterocycles. The van der Waals surface area contributed by atoms with Gasteiger partial charge in [-0.15, -0.1) is 0 Å². The molecule has 100 valence electrons. The molecule has 0 aliphatic heterocycles. The van der Waals surface area contributed by atoms with E-state index in [1.807, 2.05) is 0 Å². The molecule has 0 radical (unpaired) electrons. The fourth-order valence-corrected chi connectivity index (χ4v) is 2.57. The first-order valence-electron chi connectivity index (χ1n) is 5.29. The molecule has 1 aromatic carbocycles. The summed E-state index contributed by atoms with van der Waals surface area (Å²) in [6, 6.07) is 6.57. The number of nitrogens with one attached hydrogen (secondary N) is 1. The molecule has 1 heterocycles. The fraction of sp³-hybridized carbons (Fsp3) is 0.0833. The Bertz CT molecular complexity index is 719. The van der Waals surface area contributed by atoms with Crippen molar-refractivity contribution in [2.75, 3.05) is 4.72 Å². The van der Waals surface area contributed by atoms with E-state index in [1.165, 1.54) is 30.5 Å². The molecule has 0 bridgehead atoms. The van der Waals surface area contributed by atoms with Gasteiger partial charge in [-0.25, -0.2) is 17.8 Å². The first kappa shape index (κ1) is 13.8. The van der Waals surface area contributed by atoms with Gasteiger partial charge in [-0.3, -0.25) is 4.72 Å². The van der Waals surface area contributed by atoms with Crippen LogP contribution in [0.2, 0.25) is 5.02 Å². The van der Waals surface area contributed by atoms with Crippen LogP contribution in [0, 0.1) is 12.7 Å². The van der Waals surface area contributed by atoms with Gasteiger partial charge in [0, 0.05) is 17.3 Å². The zero-order chi connectivity index (χ0) is 14.0. The number of anilines is 1. The zero-order valence-electron chi connectivity index (χ0n) is 9.89. The number of nitrogens with zero attached hydrogens (tertiary/aromatic N) is 1. The van der Waals surface area contributed by atoms with Crippen LogP contribution >= 0.6 is 11.6 Å². The average Bonchev–Trinajstić information content (AvgIpc) is 2.32. The van der Waals surface area contributed by atoms with Gasteiger partial charge >= 0.3 is 0 Å². The summed E-state index contributed by atoms with van der Waals surface area (Å²) in [5, 5.41) is 0.350. The molecule has 7 heteroatoms. The fourth-order valence-electron chi connectivity index (χ4n) is 1.40. The summed E-state index contributed by atoms with van der Waals surface area (Å²) in [5.41, 5.74) is 0.375. The van der Waals surface area contributed by atoms with Crippen LogP contribution in [0.3, 0.4) is 0 Å². The predicted octanol–water partition coefficient (Wildman–Crippen LogP) is 2.98. The van der Waals surface area contributed by atoms with Crippen LogP contribution in [-0.2, 0) is 10.0 Å². The van der Waals surface area contributed by atoms with E-state index in [0.29, 0.717) is 10.6 Å². The second-order valence-electron chi connectivity index (χ2n) is 3.88. The third kappa shape index (κ3) is 3.21. The second-order valence-corrected chi connectivity index (χ2v) is 5.99. The zero-order valence-corrected chi connectivity index (χ0v) is 11.5. The molecule has 2 rings (SSSR count). The summed E-state index contributed by atoms with van der Waals surface area (Å²) in [4.78, 5) is 3.65. The molecule has 2 aromatic rings. The number of hydrogen-bond donors (Lipinski definition) is 1. The highest BCUT2D eigenvalue weighted by Crippen LogP contribution is 2.19. The Balaban J connectivity index is 2.35. The molecule has 4 nitrogen and oxygen atoms in total. The molecule has 0 fully saturated rings. The van der Waals surface area contributed by atoms with Gasteiger partial charge in [0.15, 0.2) is 0 Å². The van der Waals surface area contributed by atoms with Gasteiger partial charge in [0.05, 0.1) is 4.90 Å². The number of rotatable bonds is 3. The lowest BCUT2D eigenvalue weighted by Gasteiger charge is -2.08. The molecule has 0 spiro atoms. The minimum atomic E-state index is -3.88. The van der Waals surface area contributed by atoms with Crippen LogP contribution in [0.25, 0.3) is 0 Å². The number of hydrogen-bond acceptors (Lipinski definition) is 3. The third-order valence-electron chi connectivity index (χ3n) is 2.41. The van der Waals surface area contributed by atoms with Crippen LogP contribution in [0.5, 0.6) is 0 Å². The number of pyridine rings is 1. The standard InChI is InChI=1S/C12H10ClFN2O2S/c1-8-2-3-10(7-11(8)14)19(17,18)16-12-6-9(13)4-5-15-12/h2-7H,1H3,(H,15,16). The molecule has 0 aliphatic carbocycles. The minimum absolute atomic E-state index is 0.0773. The van der Waals surface area contributed by atoms with Gasteiger partial charge in [0.2, 0.25) is 0 Å². The summed E-state index contributed by atoms with van der Waals surface area (Å²) >= 11 is 5.73. The highest BCUT2D eigenvalue weighted by atomic mass is 35.5. The largest absolute Gasteiger partial charge is 0.263 e. The van der Waals surface area contributed by atoms with Crippen molar-refractivity contribution in [1.29, 1.82) is 0 Å². The first-order valence-corrected chi connectivity index (χ1v) is 7.15. The smallest absolute Gasteiger partial charge is 0.263 e. The highest BCUT2D eigenvalue weighted by molar-refractivity contribution is 7.92. The van der Waals surface area contributed by atoms with E-state index >= 15 is 0 Å². The molecule has 0 aliphatic rings. The third-order valence-corrected chi connectivity index (χ3v) is 4.00. The van der Waals surface area contributed by atoms with Crippen molar-refractivity contribution in [1.82, 2.24) is 4.98 Å². The number of halogens is 2. The van der Waals surface area contributed by atoms with Crippen molar-refractivity contribution in [3.05, 3.63) is 52.9 Å². The Morgan fingerprint density at radius 1 is 1.26 bits per heavy atom. The molecule has 19 heavy (non-hydrogen) atoms. The maximum absolute atomic E-state index is 13.4. The SMILES string of the molecule is Cc1ccc(S(=O)(=O)Nc2cc(Cl)ccn2)cc1F. The van der Waals surface area contributed by atoms with E-state index < -0.39 is 15.8 Å². The van der Waals surface area contributed by atoms with E-state index in [-0.39, 0.29) is 10.7 Å². The van der Waals surface area contributed by atoms with E-state index in [4.69, 9.17) is 11.6 Å². The molecular formula is C12H10ClFN2O2S. The summed E-state index contributed by atoms with van der Waals surface area (Å²) in [6.07, 6.45) is 1.37. The van der Waals surface area contributed by atoms with Crippen molar-refractivity contribution >= 4 is 27.4 Å². The lowest BCUT2D eigenvalue weighted by Crippen LogP contribution is -2.14. The summed E-state index contributed by atoms with van der Waals surface area (Å²) in [7, 11) is -3.88. The Hall–Kier alpha value is -1.66. The molecule has 1 N–H and O–H groups in total. The van der Waals surface area contributed by atoms with Crippen LogP contribution in [0.1, 0.15) is 5.56 Å². The molecule has 0 atom stereocenters. The van der Waals surface area contributed by atoms with Crippen LogP contribution in [0.15, 0.2) is 41.4 Å². The van der Waals surface area contributed by atoms with Crippen LogP contribution < -0.4 is 4.72 Å². The van der Waals surface area contributed by atoms with Crippen molar-refractivity contribution in [2.45, 2.75) is 11.8 Å². The lowest BCUT2D eigenvalue weighted by atomic mass is 10.2. The molecule has 0 unspecified atom stereocenters. The van der Waals surface area contributed by atoms with E-state index in [9.17, 15) is 12.8 Å². The second kappa shape index (κ2) is 5.14. The maximum atomic E-state index is 13.4. The summed E-state index contributed by atoms with van der Waals surface area (Å²) < 4.78 is 39.6. The van der Waals surface area contributed by atoms with Gasteiger partial charge < -0.3 is 0 Å². The van der Waals surface area contributed by atoms with Crippen LogP contribution in [0.4, 0.5) is 10.2 Å². The van der Waals surface area contributed by atoms with E-state index in [1.54, 1.807) is 6.92 Å². The van der Waals surface area contributed by atoms with Crippen LogP contribution in [-0.4, -0.2) is 13.4 Å². The quantitative estimate of drug-likeness (QED) is 0.948. The van der Waals surface area contributed by atoms with Gasteiger partial charge in [0.1, 0.15) is 11.6 Å². The Morgan fingerprint density at radius 2 is 2.00 bits per heavy atom. The lowest BCUT2D eigenvalue weighted by molar-refractivity contribution is 0.593. The van der Waals surface area contributed by atoms with Gasteiger partial charge in [-0.05, 0) is 30.7 Å². The van der Waals surface area contributed by atoms with Crippen molar-refractivity contribution in [3.63, 3.8) is 0 Å². The molecule has 0 amide bonds. The number of aromatic nitrogens is 1. The summed E-state index contributed by atoms with van der Waals surface area (Å²) in [6.45, 7) is 1.55. The predicted molar refractivity (Wildman–Crippen MR) is 71.2 cm³/mol. The monoisotopic (exact) mass is 300 g/mol. The molecular weight excluding hydrogens is 291 g/mol. The molecule has 0 saturated carbocycles. The van der Waals surface area contributed by atoms with E-state index in [2.05, 4.69) is 9.71 Å². The van der Waals surface area contributed by atoms with Crippen molar-refractivity contribution in [2.24, 2.45) is 0 Å². The Morgan fingerprint density at radius 3 is 2.63 bits per heavy atom. The van der Waals surface area contributed by atoms with E-state index in [0.717, 1.165) is 6.07 Å². The van der Waals surface area contributed by atoms with Gasteiger partial charge in [-0.1, -0.05) is 17.7 Å². The first-order chi connectivity index (χ1) is 8.88. The Labute approximate surface area is 115 Å². The van der Waals surface area contributed by atoms with Gasteiger partial charge in [-0.2, -0.15) is 0 Å². The number of benzene rings is 1. The highest BCUT2D eigenvalue weighted by Gasteiger charge is 2.16. The molecule has 0 saturated heterocycles. The van der Waals surface area contributed by atoms with Crippen molar-refractivity contribution in [3.8, 4) is 0 Å². The topological polar surface area (TPSA) is 59.1 Å². The van der Waals surface area contributed by atoms with Gasteiger partial charge in [0.25, 0.3) is 10.0 Å². The number of aryl methyl sites for hydroxylation is 1. The van der Waals surface area contributed by atoms with Crippen molar-refractivity contribution < 1.29 is 12.8 Å². The normalized spacial score (nSPS) is 11.3. The minimum Gasteiger partial charge on any atom is -0.263 e. The average molecular weight is 301 g/mol.